The summed E-state index contributed by atoms with van der Waals surface area (Å²) in [4.78, 5) is 42.9. The number of carbonyl (C=O) groups excluding carboxylic acids is 3. The predicted octanol–water partition coefficient (Wildman–Crippen LogP) is 4.32. The van der Waals surface area contributed by atoms with Crippen molar-refractivity contribution in [1.29, 1.82) is 0 Å². The number of fused-ring (bicyclic) bond motifs is 2. The minimum Gasteiger partial charge on any atom is -0.487 e. The molecule has 0 saturated heterocycles. The normalized spacial score (nSPS) is 21.0. The maximum Gasteiger partial charge on any atom is 0.321 e. The van der Waals surface area contributed by atoms with Crippen LogP contribution in [0.5, 0.6) is 17.2 Å². The van der Waals surface area contributed by atoms with E-state index in [0.717, 1.165) is 32.1 Å². The van der Waals surface area contributed by atoms with Gasteiger partial charge in [-0.15, -0.1) is 0 Å². The molecule has 0 bridgehead atoms. The van der Waals surface area contributed by atoms with Gasteiger partial charge in [-0.25, -0.2) is 4.79 Å². The zero-order valence-electron chi connectivity index (χ0n) is 24.4. The number of likely N-dealkylation sites (N-methyl/N-ethyl adjacent to an activating group) is 1. The lowest BCUT2D eigenvalue weighted by Gasteiger charge is -2.38. The monoisotopic (exact) mass is 580 g/mol. The van der Waals surface area contributed by atoms with Crippen LogP contribution in [0.1, 0.15) is 56.3 Å². The topological polar surface area (TPSA) is 130 Å². The summed E-state index contributed by atoms with van der Waals surface area (Å²) in [6.07, 6.45) is 4.53. The molecule has 226 valence electrons. The molecule has 2 aromatic rings. The van der Waals surface area contributed by atoms with Crippen LogP contribution in [0, 0.1) is 11.8 Å². The van der Waals surface area contributed by atoms with Crippen LogP contribution in [0.2, 0.25) is 0 Å². The van der Waals surface area contributed by atoms with Crippen LogP contribution in [-0.4, -0.2) is 78.4 Å². The Morgan fingerprint density at radius 2 is 1.71 bits per heavy atom. The molecule has 1 saturated carbocycles. The van der Waals surface area contributed by atoms with Crippen LogP contribution >= 0.6 is 0 Å². The van der Waals surface area contributed by atoms with Crippen molar-refractivity contribution in [3.8, 4) is 17.2 Å². The van der Waals surface area contributed by atoms with Crippen molar-refractivity contribution < 1.29 is 33.7 Å². The average molecular weight is 581 g/mol. The highest BCUT2D eigenvalue weighted by atomic mass is 16.7. The quantitative estimate of drug-likeness (QED) is 0.445. The van der Waals surface area contributed by atoms with Crippen molar-refractivity contribution in [3.63, 3.8) is 0 Å². The van der Waals surface area contributed by atoms with Crippen molar-refractivity contribution in [2.24, 2.45) is 11.8 Å². The van der Waals surface area contributed by atoms with Crippen molar-refractivity contribution in [2.75, 3.05) is 44.2 Å². The SMILES string of the molecule is C[C@H]1CN([C@@H](C)CO)C(=O)c2cc(NC(=O)C3CCCCC3)ccc2O[C@@H]1CN(C)C(=O)Nc1ccc2c(c1)OCO2. The Bertz CT molecular complexity index is 1310. The van der Waals surface area contributed by atoms with Crippen LogP contribution in [0.25, 0.3) is 0 Å². The zero-order chi connectivity index (χ0) is 29.8. The van der Waals surface area contributed by atoms with E-state index in [1.165, 1.54) is 4.90 Å². The van der Waals surface area contributed by atoms with Gasteiger partial charge in [0.05, 0.1) is 24.8 Å². The van der Waals surface area contributed by atoms with Crippen LogP contribution in [-0.2, 0) is 4.79 Å². The smallest absolute Gasteiger partial charge is 0.321 e. The van der Waals surface area contributed by atoms with Crippen molar-refractivity contribution in [3.05, 3.63) is 42.0 Å². The fourth-order valence-corrected chi connectivity index (χ4v) is 5.67. The molecule has 2 heterocycles. The Morgan fingerprint density at radius 1 is 1.02 bits per heavy atom. The molecule has 1 fully saturated rings. The number of nitrogens with one attached hydrogen (secondary N) is 2. The molecular formula is C31H40N4O7. The summed E-state index contributed by atoms with van der Waals surface area (Å²) in [6.45, 7) is 4.26. The fraction of sp³-hybridized carbons (Fsp3) is 0.516. The lowest BCUT2D eigenvalue weighted by Crippen LogP contribution is -2.50. The highest BCUT2D eigenvalue weighted by Gasteiger charge is 2.34. The first-order valence-corrected chi connectivity index (χ1v) is 14.7. The third-order valence-corrected chi connectivity index (χ3v) is 8.33. The maximum atomic E-state index is 13.7. The predicted molar refractivity (Wildman–Crippen MR) is 157 cm³/mol. The van der Waals surface area contributed by atoms with Gasteiger partial charge in [0.25, 0.3) is 5.91 Å². The number of hydrogen-bond donors (Lipinski definition) is 3. The van der Waals surface area contributed by atoms with Gasteiger partial charge in [-0.05, 0) is 50.1 Å². The first-order valence-electron chi connectivity index (χ1n) is 14.7. The van der Waals surface area contributed by atoms with Crippen LogP contribution in [0.3, 0.4) is 0 Å². The molecule has 1 aliphatic carbocycles. The molecule has 0 unspecified atom stereocenters. The molecule has 11 heteroatoms. The lowest BCUT2D eigenvalue weighted by molar-refractivity contribution is -0.120. The number of ether oxygens (including phenoxy) is 3. The highest BCUT2D eigenvalue weighted by Crippen LogP contribution is 2.35. The van der Waals surface area contributed by atoms with Crippen molar-refractivity contribution in [1.82, 2.24) is 9.80 Å². The molecule has 0 spiro atoms. The van der Waals surface area contributed by atoms with Crippen molar-refractivity contribution >= 4 is 29.2 Å². The van der Waals surface area contributed by atoms with Gasteiger partial charge in [0.1, 0.15) is 11.9 Å². The summed E-state index contributed by atoms with van der Waals surface area (Å²) in [7, 11) is 1.68. The van der Waals surface area contributed by atoms with E-state index in [1.54, 1.807) is 55.3 Å². The number of benzene rings is 2. The molecule has 5 rings (SSSR count). The maximum absolute atomic E-state index is 13.7. The summed E-state index contributed by atoms with van der Waals surface area (Å²) in [5, 5.41) is 15.8. The van der Waals surface area contributed by atoms with Gasteiger partial charge >= 0.3 is 6.03 Å². The molecule has 0 radical (unpaired) electrons. The van der Waals surface area contributed by atoms with Gasteiger partial charge in [-0.3, -0.25) is 9.59 Å². The number of rotatable bonds is 7. The highest BCUT2D eigenvalue weighted by molar-refractivity contribution is 6.00. The molecule has 2 aliphatic heterocycles. The summed E-state index contributed by atoms with van der Waals surface area (Å²) in [5.41, 5.74) is 1.41. The molecule has 2 aromatic carbocycles. The third kappa shape index (κ3) is 6.56. The van der Waals surface area contributed by atoms with E-state index in [4.69, 9.17) is 14.2 Å². The number of anilines is 2. The molecule has 11 nitrogen and oxygen atoms in total. The minimum absolute atomic E-state index is 0.0248. The van der Waals surface area contributed by atoms with Gasteiger partial charge < -0.3 is 39.8 Å². The number of aliphatic hydroxyl groups is 1. The molecule has 42 heavy (non-hydrogen) atoms. The van der Waals surface area contributed by atoms with Gasteiger partial charge in [0, 0.05) is 42.9 Å². The first-order chi connectivity index (χ1) is 20.2. The number of amides is 4. The van der Waals surface area contributed by atoms with E-state index in [9.17, 15) is 19.5 Å². The van der Waals surface area contributed by atoms with Crippen LogP contribution < -0.4 is 24.8 Å². The minimum atomic E-state index is -0.458. The Morgan fingerprint density at radius 3 is 2.45 bits per heavy atom. The molecule has 3 atom stereocenters. The second kappa shape index (κ2) is 12.9. The second-order valence-electron chi connectivity index (χ2n) is 11.5. The summed E-state index contributed by atoms with van der Waals surface area (Å²) < 4.78 is 17.1. The van der Waals surface area contributed by atoms with Gasteiger partial charge in [0.15, 0.2) is 11.5 Å². The van der Waals surface area contributed by atoms with E-state index >= 15 is 0 Å². The Balaban J connectivity index is 1.33. The van der Waals surface area contributed by atoms with E-state index in [1.807, 2.05) is 6.92 Å². The molecule has 4 amide bonds. The standard InChI is InChI=1S/C31H40N4O7/c1-19-15-35(20(2)17-36)30(38)24-13-22(32-29(37)21-7-5-4-6-8-21)9-11-25(24)42-28(19)16-34(3)31(39)33-23-10-12-26-27(14-23)41-18-40-26/h9-14,19-21,28,36H,4-8,15-18H2,1-3H3,(H,32,37)(H,33,39)/t19-,20-,28+/m0/s1. The largest absolute Gasteiger partial charge is 0.487 e. The Hall–Kier alpha value is -3.99. The van der Waals surface area contributed by atoms with Crippen LogP contribution in [0.4, 0.5) is 16.2 Å². The van der Waals surface area contributed by atoms with E-state index in [0.29, 0.717) is 40.7 Å². The van der Waals surface area contributed by atoms with Crippen LogP contribution in [0.15, 0.2) is 36.4 Å². The number of nitrogens with zero attached hydrogens (tertiary/aromatic N) is 2. The molecule has 3 aliphatic rings. The van der Waals surface area contributed by atoms with Gasteiger partial charge in [-0.1, -0.05) is 26.2 Å². The molecule has 0 aromatic heterocycles. The third-order valence-electron chi connectivity index (χ3n) is 8.33. The summed E-state index contributed by atoms with van der Waals surface area (Å²) in [6, 6.07) is 9.53. The fourth-order valence-electron chi connectivity index (χ4n) is 5.67. The first kappa shape index (κ1) is 29.5. The van der Waals surface area contributed by atoms with E-state index < -0.39 is 12.1 Å². The van der Waals surface area contributed by atoms with Gasteiger partial charge in [-0.2, -0.15) is 0 Å². The Labute approximate surface area is 246 Å². The number of hydrogen-bond acceptors (Lipinski definition) is 7. The number of carbonyl (C=O) groups is 3. The average Bonchev–Trinajstić information content (AvgIpc) is 3.47. The summed E-state index contributed by atoms with van der Waals surface area (Å²) >= 11 is 0. The number of urea groups is 1. The Kier molecular flexibility index (Phi) is 9.06. The van der Waals surface area contributed by atoms with Crippen molar-refractivity contribution in [2.45, 2.75) is 58.1 Å². The number of aliphatic hydroxyl groups excluding tert-OH is 1. The second-order valence-corrected chi connectivity index (χ2v) is 11.5. The van der Waals surface area contributed by atoms with E-state index in [-0.39, 0.29) is 49.6 Å². The van der Waals surface area contributed by atoms with E-state index in [2.05, 4.69) is 10.6 Å². The lowest BCUT2D eigenvalue weighted by atomic mass is 9.88. The molecular weight excluding hydrogens is 540 g/mol. The van der Waals surface area contributed by atoms with Gasteiger partial charge in [0.2, 0.25) is 12.7 Å². The zero-order valence-corrected chi connectivity index (χ0v) is 24.4. The summed E-state index contributed by atoms with van der Waals surface area (Å²) in [5.74, 6) is 1.07. The molecule has 3 N–H and O–H groups in total.